The lowest BCUT2D eigenvalue weighted by atomic mass is 10.1. The number of primary sulfonamides is 1. The number of hydrogen-bond donors (Lipinski definition) is 2. The molecule has 9 heteroatoms. The predicted octanol–water partition coefficient (Wildman–Crippen LogP) is 2.48. The number of nitrogens with two attached hydrogens (primary N) is 1. The molecule has 1 unspecified atom stereocenters. The summed E-state index contributed by atoms with van der Waals surface area (Å²) in [5.41, 5.74) is 1.62. The molecule has 0 saturated heterocycles. The summed E-state index contributed by atoms with van der Waals surface area (Å²) in [4.78, 5) is 24.2. The average molecular weight is 445 g/mol. The van der Waals surface area contributed by atoms with E-state index in [1.165, 1.54) is 18.2 Å². The lowest BCUT2D eigenvalue weighted by Crippen LogP contribution is -2.35. The van der Waals surface area contributed by atoms with Gasteiger partial charge in [-0.1, -0.05) is 25.5 Å². The number of amides is 1. The molecule has 0 saturated carbocycles. The Labute approximate surface area is 180 Å². The van der Waals surface area contributed by atoms with Crippen LogP contribution in [0.5, 0.6) is 5.75 Å². The van der Waals surface area contributed by atoms with E-state index in [0.29, 0.717) is 16.9 Å². The molecule has 1 aromatic heterocycles. The number of sulfonamides is 1. The normalized spacial score (nSPS) is 12.5. The predicted molar refractivity (Wildman–Crippen MR) is 116 cm³/mol. The topological polar surface area (TPSA) is 129 Å². The van der Waals surface area contributed by atoms with Crippen LogP contribution in [0.4, 0.5) is 0 Å². The van der Waals surface area contributed by atoms with Crippen molar-refractivity contribution in [3.63, 3.8) is 0 Å². The fourth-order valence-electron chi connectivity index (χ4n) is 3.15. The first-order valence-corrected chi connectivity index (χ1v) is 11.3. The molecular formula is C22H24N2O6S. The fraction of sp³-hybridized carbons (Fsp3) is 0.273. The van der Waals surface area contributed by atoms with Crippen LogP contribution in [0.3, 0.4) is 0 Å². The van der Waals surface area contributed by atoms with Crippen molar-refractivity contribution in [3.8, 4) is 5.75 Å². The zero-order valence-electron chi connectivity index (χ0n) is 17.3. The summed E-state index contributed by atoms with van der Waals surface area (Å²) in [5.74, 6) is 0.0567. The second kappa shape index (κ2) is 9.32. The maximum absolute atomic E-state index is 12.4. The van der Waals surface area contributed by atoms with Gasteiger partial charge in [0, 0.05) is 24.1 Å². The van der Waals surface area contributed by atoms with Crippen LogP contribution in [0, 0.1) is 0 Å². The molecule has 8 nitrogen and oxygen atoms in total. The highest BCUT2D eigenvalue weighted by molar-refractivity contribution is 7.89. The van der Waals surface area contributed by atoms with E-state index in [1.807, 2.05) is 13.0 Å². The minimum absolute atomic E-state index is 0.00401. The maximum Gasteiger partial charge on any atom is 0.336 e. The zero-order valence-corrected chi connectivity index (χ0v) is 18.1. The molecule has 3 N–H and O–H groups in total. The Morgan fingerprint density at radius 1 is 1.16 bits per heavy atom. The SMILES string of the molecule is CCCc1cc(=O)oc2cc(OC(C)C(=O)NCc3ccc(S(N)(=O)=O)cc3)ccc12. The van der Waals surface area contributed by atoms with Gasteiger partial charge in [0.1, 0.15) is 11.3 Å². The molecule has 0 fully saturated rings. The van der Waals surface area contributed by atoms with Gasteiger partial charge in [-0.3, -0.25) is 4.79 Å². The van der Waals surface area contributed by atoms with Gasteiger partial charge in [-0.05, 0) is 48.7 Å². The molecular weight excluding hydrogens is 420 g/mol. The molecule has 0 spiro atoms. The van der Waals surface area contributed by atoms with Crippen molar-refractivity contribution >= 4 is 26.9 Å². The highest BCUT2D eigenvalue weighted by atomic mass is 32.2. The number of aryl methyl sites for hydroxylation is 1. The molecule has 3 rings (SSSR count). The number of benzene rings is 2. The molecule has 0 radical (unpaired) electrons. The van der Waals surface area contributed by atoms with Gasteiger partial charge in [-0.15, -0.1) is 0 Å². The fourth-order valence-corrected chi connectivity index (χ4v) is 3.66. The highest BCUT2D eigenvalue weighted by Crippen LogP contribution is 2.24. The van der Waals surface area contributed by atoms with Gasteiger partial charge in [0.25, 0.3) is 5.91 Å². The van der Waals surface area contributed by atoms with Gasteiger partial charge in [-0.25, -0.2) is 18.4 Å². The Morgan fingerprint density at radius 3 is 2.52 bits per heavy atom. The van der Waals surface area contributed by atoms with Crippen LogP contribution in [0.2, 0.25) is 0 Å². The number of rotatable bonds is 8. The Bertz CT molecular complexity index is 1250. The van der Waals surface area contributed by atoms with E-state index in [2.05, 4.69) is 5.32 Å². The highest BCUT2D eigenvalue weighted by Gasteiger charge is 2.16. The standard InChI is InChI=1S/C22H24N2O6S/c1-3-4-16-11-21(25)30-20-12-17(7-10-19(16)20)29-14(2)22(26)24-13-15-5-8-18(9-6-15)31(23,27)28/h5-12,14H,3-4,13H2,1-2H3,(H,24,26)(H2,23,27,28). The molecule has 0 aliphatic rings. The van der Waals surface area contributed by atoms with Gasteiger partial charge in [0.2, 0.25) is 10.0 Å². The summed E-state index contributed by atoms with van der Waals surface area (Å²) in [7, 11) is -3.76. The number of carbonyl (C=O) groups is 1. The van der Waals surface area contributed by atoms with Crippen molar-refractivity contribution in [1.29, 1.82) is 0 Å². The van der Waals surface area contributed by atoms with Gasteiger partial charge in [0.05, 0.1) is 4.90 Å². The first-order valence-electron chi connectivity index (χ1n) is 9.80. The van der Waals surface area contributed by atoms with E-state index < -0.39 is 21.8 Å². The molecule has 0 aliphatic heterocycles. The first kappa shape index (κ1) is 22.5. The van der Waals surface area contributed by atoms with Crippen LogP contribution in [-0.4, -0.2) is 20.4 Å². The molecule has 3 aromatic rings. The summed E-state index contributed by atoms with van der Waals surface area (Å²) in [5, 5.41) is 8.64. The number of ether oxygens (including phenoxy) is 1. The van der Waals surface area contributed by atoms with Crippen LogP contribution in [0.25, 0.3) is 11.0 Å². The van der Waals surface area contributed by atoms with Crippen LogP contribution in [-0.2, 0) is 27.8 Å². The summed E-state index contributed by atoms with van der Waals surface area (Å²) in [6, 6.07) is 12.6. The minimum Gasteiger partial charge on any atom is -0.481 e. The molecule has 0 aliphatic carbocycles. The van der Waals surface area contributed by atoms with E-state index in [1.54, 1.807) is 31.2 Å². The Balaban J connectivity index is 1.65. The molecule has 164 valence electrons. The summed E-state index contributed by atoms with van der Waals surface area (Å²) >= 11 is 0. The second-order valence-electron chi connectivity index (χ2n) is 7.17. The summed E-state index contributed by atoms with van der Waals surface area (Å²) in [6.07, 6.45) is 0.865. The number of carbonyl (C=O) groups excluding carboxylic acids is 1. The molecule has 31 heavy (non-hydrogen) atoms. The van der Waals surface area contributed by atoms with Gasteiger partial charge in [0.15, 0.2) is 6.10 Å². The first-order chi connectivity index (χ1) is 14.7. The number of nitrogens with one attached hydrogen (secondary N) is 1. The van der Waals surface area contributed by atoms with E-state index in [-0.39, 0.29) is 17.3 Å². The largest absolute Gasteiger partial charge is 0.481 e. The van der Waals surface area contributed by atoms with Gasteiger partial charge in [-0.2, -0.15) is 0 Å². The second-order valence-corrected chi connectivity index (χ2v) is 8.73. The van der Waals surface area contributed by atoms with Crippen LogP contribution < -0.4 is 20.8 Å². The van der Waals surface area contributed by atoms with E-state index in [4.69, 9.17) is 14.3 Å². The summed E-state index contributed by atoms with van der Waals surface area (Å²) < 4.78 is 33.6. The van der Waals surface area contributed by atoms with Crippen LogP contribution in [0.15, 0.2) is 62.6 Å². The Morgan fingerprint density at radius 2 is 1.87 bits per heavy atom. The van der Waals surface area contributed by atoms with E-state index in [9.17, 15) is 18.0 Å². The summed E-state index contributed by atoms with van der Waals surface area (Å²) in [6.45, 7) is 3.84. The van der Waals surface area contributed by atoms with Crippen LogP contribution in [0.1, 0.15) is 31.4 Å². The lowest BCUT2D eigenvalue weighted by molar-refractivity contribution is -0.127. The van der Waals surface area contributed by atoms with Gasteiger partial charge < -0.3 is 14.5 Å². The van der Waals surface area contributed by atoms with Crippen molar-refractivity contribution in [3.05, 3.63) is 70.1 Å². The maximum atomic E-state index is 12.4. The lowest BCUT2D eigenvalue weighted by Gasteiger charge is -2.15. The monoisotopic (exact) mass is 444 g/mol. The Hall–Kier alpha value is -3.17. The van der Waals surface area contributed by atoms with Gasteiger partial charge >= 0.3 is 5.63 Å². The van der Waals surface area contributed by atoms with Crippen molar-refractivity contribution in [1.82, 2.24) is 5.32 Å². The molecule has 0 bridgehead atoms. The zero-order chi connectivity index (χ0) is 22.6. The van der Waals surface area contributed by atoms with E-state index in [0.717, 1.165) is 23.8 Å². The number of fused-ring (bicyclic) bond motifs is 1. The smallest absolute Gasteiger partial charge is 0.336 e. The average Bonchev–Trinajstić information content (AvgIpc) is 2.71. The van der Waals surface area contributed by atoms with Crippen molar-refractivity contribution < 1.29 is 22.4 Å². The molecule has 2 aromatic carbocycles. The van der Waals surface area contributed by atoms with E-state index >= 15 is 0 Å². The molecule has 1 atom stereocenters. The molecule has 1 heterocycles. The van der Waals surface area contributed by atoms with Crippen molar-refractivity contribution in [2.45, 2.75) is 44.2 Å². The molecule has 1 amide bonds. The Kier molecular flexibility index (Phi) is 6.77. The third kappa shape index (κ3) is 5.71. The number of hydrogen-bond acceptors (Lipinski definition) is 6. The van der Waals surface area contributed by atoms with Crippen molar-refractivity contribution in [2.75, 3.05) is 0 Å². The minimum atomic E-state index is -3.76. The third-order valence-electron chi connectivity index (χ3n) is 4.72. The third-order valence-corrected chi connectivity index (χ3v) is 5.65. The van der Waals surface area contributed by atoms with Crippen LogP contribution >= 0.6 is 0 Å². The van der Waals surface area contributed by atoms with Crippen molar-refractivity contribution in [2.24, 2.45) is 5.14 Å². The quantitative estimate of drug-likeness (QED) is 0.514.